The van der Waals surface area contributed by atoms with Crippen LogP contribution in [0.2, 0.25) is 10.4 Å². The van der Waals surface area contributed by atoms with Gasteiger partial charge in [-0.3, -0.25) is 0 Å². The van der Waals surface area contributed by atoms with Crippen LogP contribution in [0.1, 0.15) is 6.92 Å². The van der Waals surface area contributed by atoms with Crippen LogP contribution in [0.5, 0.6) is 0 Å². The fourth-order valence-electron chi connectivity index (χ4n) is 1.29. The van der Waals surface area contributed by atoms with Crippen molar-refractivity contribution in [1.29, 1.82) is 0 Å². The molecule has 0 bridgehead atoms. The van der Waals surface area contributed by atoms with Crippen molar-refractivity contribution >= 4 is 40.1 Å². The molecule has 2 aromatic rings. The number of nitrogens with zero attached hydrogens (tertiary/aromatic N) is 5. The quantitative estimate of drug-likeness (QED) is 0.610. The Labute approximate surface area is 102 Å². The van der Waals surface area contributed by atoms with Crippen molar-refractivity contribution in [2.24, 2.45) is 0 Å². The van der Waals surface area contributed by atoms with Gasteiger partial charge in [0, 0.05) is 13.6 Å². The molecule has 0 aliphatic carbocycles. The van der Waals surface area contributed by atoms with Gasteiger partial charge < -0.3 is 4.90 Å². The Kier molecular flexibility index (Phi) is 3.07. The molecule has 0 radical (unpaired) electrons. The van der Waals surface area contributed by atoms with E-state index in [2.05, 4.69) is 19.9 Å². The van der Waals surface area contributed by atoms with Crippen LogP contribution in [0.4, 0.5) is 5.82 Å². The van der Waals surface area contributed by atoms with Crippen LogP contribution in [0.25, 0.3) is 11.0 Å². The molecule has 7 heteroatoms. The van der Waals surface area contributed by atoms with Crippen LogP contribution in [-0.4, -0.2) is 33.5 Å². The molecule has 0 aliphatic rings. The highest BCUT2D eigenvalue weighted by molar-refractivity contribution is 6.34. The van der Waals surface area contributed by atoms with E-state index in [4.69, 9.17) is 23.2 Å². The number of halogens is 2. The van der Waals surface area contributed by atoms with E-state index in [-0.39, 0.29) is 10.4 Å². The predicted molar refractivity (Wildman–Crippen MR) is 64.1 cm³/mol. The summed E-state index contributed by atoms with van der Waals surface area (Å²) in [4.78, 5) is 18.1. The Hall–Kier alpha value is -1.20. The van der Waals surface area contributed by atoms with Crippen molar-refractivity contribution in [3.63, 3.8) is 0 Å². The molecule has 0 saturated carbocycles. The number of rotatable bonds is 2. The lowest BCUT2D eigenvalue weighted by molar-refractivity contribution is 0.934. The molecule has 0 unspecified atom stereocenters. The number of fused-ring (bicyclic) bond motifs is 1. The second kappa shape index (κ2) is 4.35. The van der Waals surface area contributed by atoms with Crippen LogP contribution < -0.4 is 4.90 Å². The van der Waals surface area contributed by atoms with Crippen LogP contribution in [0.15, 0.2) is 6.33 Å². The zero-order valence-electron chi connectivity index (χ0n) is 8.78. The lowest BCUT2D eigenvalue weighted by Crippen LogP contribution is -2.18. The highest BCUT2D eigenvalue weighted by Gasteiger charge is 2.13. The van der Waals surface area contributed by atoms with Gasteiger partial charge in [0.05, 0.1) is 0 Å². The third-order valence-electron chi connectivity index (χ3n) is 2.23. The lowest BCUT2D eigenvalue weighted by atomic mass is 10.4. The Morgan fingerprint density at radius 1 is 1.19 bits per heavy atom. The summed E-state index contributed by atoms with van der Waals surface area (Å²) in [6.45, 7) is 2.79. The molecule has 5 nitrogen and oxygen atoms in total. The van der Waals surface area contributed by atoms with Gasteiger partial charge in [0.1, 0.15) is 17.4 Å². The molecule has 0 aliphatic heterocycles. The Morgan fingerprint density at radius 3 is 2.62 bits per heavy atom. The zero-order valence-corrected chi connectivity index (χ0v) is 10.3. The van der Waals surface area contributed by atoms with E-state index in [0.29, 0.717) is 16.9 Å². The first kappa shape index (κ1) is 11.3. The second-order valence-corrected chi connectivity index (χ2v) is 3.89. The zero-order chi connectivity index (χ0) is 11.7. The minimum atomic E-state index is 0.138. The molecule has 0 aromatic carbocycles. The van der Waals surface area contributed by atoms with Gasteiger partial charge in [-0.2, -0.15) is 4.98 Å². The van der Waals surface area contributed by atoms with Gasteiger partial charge in [-0.1, -0.05) is 11.6 Å². The normalized spacial score (nSPS) is 10.8. The van der Waals surface area contributed by atoms with Crippen LogP contribution in [-0.2, 0) is 0 Å². The Balaban J connectivity index is 2.78. The van der Waals surface area contributed by atoms with E-state index < -0.39 is 0 Å². The van der Waals surface area contributed by atoms with Crippen molar-refractivity contribution in [3.05, 3.63) is 16.8 Å². The predicted octanol–water partition coefficient (Wildman–Crippen LogP) is 2.18. The monoisotopic (exact) mass is 257 g/mol. The fraction of sp³-hybridized carbons (Fsp3) is 0.333. The average molecular weight is 258 g/mol. The topological polar surface area (TPSA) is 54.8 Å². The molecule has 0 saturated heterocycles. The summed E-state index contributed by atoms with van der Waals surface area (Å²) in [5.74, 6) is 0.654. The van der Waals surface area contributed by atoms with E-state index in [1.807, 2.05) is 18.9 Å². The first-order valence-electron chi connectivity index (χ1n) is 4.68. The summed E-state index contributed by atoms with van der Waals surface area (Å²) in [6.07, 6.45) is 1.38. The van der Waals surface area contributed by atoms with Gasteiger partial charge in [-0.15, -0.1) is 0 Å². The Bertz CT molecular complexity index is 531. The van der Waals surface area contributed by atoms with Gasteiger partial charge in [0.2, 0.25) is 5.28 Å². The minimum absolute atomic E-state index is 0.138. The van der Waals surface area contributed by atoms with Crippen molar-refractivity contribution in [2.45, 2.75) is 6.92 Å². The summed E-state index contributed by atoms with van der Waals surface area (Å²) in [6, 6.07) is 0. The molecular formula is C9H9Cl2N5. The number of anilines is 1. The first-order valence-corrected chi connectivity index (χ1v) is 5.44. The van der Waals surface area contributed by atoms with E-state index in [9.17, 15) is 0 Å². The average Bonchev–Trinajstić information content (AvgIpc) is 2.28. The highest BCUT2D eigenvalue weighted by Crippen LogP contribution is 2.25. The number of aromatic nitrogens is 4. The SMILES string of the molecule is CCN(C)c1nc(Cl)nc2c(Cl)ncnc12. The van der Waals surface area contributed by atoms with Gasteiger partial charge in [0.25, 0.3) is 0 Å². The summed E-state index contributed by atoms with van der Waals surface area (Å²) in [5, 5.41) is 0.416. The van der Waals surface area contributed by atoms with Gasteiger partial charge in [-0.05, 0) is 18.5 Å². The minimum Gasteiger partial charge on any atom is -0.358 e. The lowest BCUT2D eigenvalue weighted by Gasteiger charge is -2.16. The van der Waals surface area contributed by atoms with E-state index in [0.717, 1.165) is 6.54 Å². The first-order chi connectivity index (χ1) is 7.63. The van der Waals surface area contributed by atoms with Crippen LogP contribution in [0, 0.1) is 0 Å². The maximum Gasteiger partial charge on any atom is 0.225 e. The summed E-state index contributed by atoms with van der Waals surface area (Å²) in [5.41, 5.74) is 1.08. The second-order valence-electron chi connectivity index (χ2n) is 3.19. The molecule has 0 atom stereocenters. The molecule has 2 rings (SSSR count). The summed E-state index contributed by atoms with van der Waals surface area (Å²) in [7, 11) is 1.90. The standard InChI is InChI=1S/C9H9Cl2N5/c1-3-16(2)8-6-5(14-9(11)15-8)7(10)13-4-12-6/h4H,3H2,1-2H3. The van der Waals surface area contributed by atoms with Crippen molar-refractivity contribution in [2.75, 3.05) is 18.5 Å². The molecular weight excluding hydrogens is 249 g/mol. The summed E-state index contributed by atoms with van der Waals surface area (Å²) >= 11 is 11.8. The van der Waals surface area contributed by atoms with Crippen LogP contribution >= 0.6 is 23.2 Å². The molecule has 84 valence electrons. The Morgan fingerprint density at radius 2 is 1.94 bits per heavy atom. The van der Waals surface area contributed by atoms with Crippen molar-refractivity contribution in [1.82, 2.24) is 19.9 Å². The third-order valence-corrected chi connectivity index (χ3v) is 2.67. The smallest absolute Gasteiger partial charge is 0.225 e. The van der Waals surface area contributed by atoms with Crippen molar-refractivity contribution < 1.29 is 0 Å². The van der Waals surface area contributed by atoms with Gasteiger partial charge in [-0.25, -0.2) is 15.0 Å². The number of hydrogen-bond donors (Lipinski definition) is 0. The molecule has 2 heterocycles. The maximum atomic E-state index is 5.93. The van der Waals surface area contributed by atoms with E-state index in [1.165, 1.54) is 6.33 Å². The molecule has 0 N–H and O–H groups in total. The van der Waals surface area contributed by atoms with E-state index in [1.54, 1.807) is 0 Å². The molecule has 2 aromatic heterocycles. The molecule has 16 heavy (non-hydrogen) atoms. The molecule has 0 spiro atoms. The highest BCUT2D eigenvalue weighted by atomic mass is 35.5. The summed E-state index contributed by atoms with van der Waals surface area (Å²) < 4.78 is 0. The molecule has 0 fully saturated rings. The number of hydrogen-bond acceptors (Lipinski definition) is 5. The van der Waals surface area contributed by atoms with Crippen LogP contribution in [0.3, 0.4) is 0 Å². The largest absolute Gasteiger partial charge is 0.358 e. The van der Waals surface area contributed by atoms with Crippen molar-refractivity contribution in [3.8, 4) is 0 Å². The third kappa shape index (κ3) is 1.88. The fourth-order valence-corrected chi connectivity index (χ4v) is 1.63. The van der Waals surface area contributed by atoms with E-state index >= 15 is 0 Å². The van der Waals surface area contributed by atoms with Gasteiger partial charge >= 0.3 is 0 Å². The maximum absolute atomic E-state index is 5.93. The van der Waals surface area contributed by atoms with Gasteiger partial charge in [0.15, 0.2) is 11.0 Å². The molecule has 0 amide bonds.